The summed E-state index contributed by atoms with van der Waals surface area (Å²) < 4.78 is 0.588. The molecule has 0 aromatic carbocycles. The molecule has 0 aliphatic carbocycles. The summed E-state index contributed by atoms with van der Waals surface area (Å²) in [6.07, 6.45) is 2.95. The van der Waals surface area contributed by atoms with E-state index < -0.39 is 6.04 Å². The minimum absolute atomic E-state index is 0.0117. The third kappa shape index (κ3) is 3.58. The van der Waals surface area contributed by atoms with Crippen molar-refractivity contribution in [3.63, 3.8) is 0 Å². The van der Waals surface area contributed by atoms with Crippen molar-refractivity contribution < 1.29 is 9.59 Å². The monoisotopic (exact) mass is 362 g/mol. The number of amides is 2. The van der Waals surface area contributed by atoms with Crippen LogP contribution < -0.4 is 5.56 Å². The lowest BCUT2D eigenvalue weighted by atomic mass is 10.0. The average molecular weight is 362 g/mol. The molecule has 134 valence electrons. The molecule has 1 saturated heterocycles. The Morgan fingerprint density at radius 3 is 3.00 bits per heavy atom. The molecule has 1 atom stereocenters. The van der Waals surface area contributed by atoms with Crippen LogP contribution in [0.1, 0.15) is 38.4 Å². The van der Waals surface area contributed by atoms with Gasteiger partial charge in [0, 0.05) is 20.0 Å². The van der Waals surface area contributed by atoms with E-state index in [9.17, 15) is 14.4 Å². The van der Waals surface area contributed by atoms with Crippen molar-refractivity contribution in [2.75, 3.05) is 13.6 Å². The number of aromatic amines is 1. The number of likely N-dealkylation sites (tertiary alicyclic amines) is 1. The van der Waals surface area contributed by atoms with Gasteiger partial charge in [-0.25, -0.2) is 4.98 Å². The summed E-state index contributed by atoms with van der Waals surface area (Å²) in [5, 5.41) is 1.82. The Kier molecular flexibility index (Phi) is 5.17. The highest BCUT2D eigenvalue weighted by Crippen LogP contribution is 2.20. The van der Waals surface area contributed by atoms with Gasteiger partial charge in [-0.2, -0.15) is 0 Å². The van der Waals surface area contributed by atoms with Crippen LogP contribution in [0, 0.1) is 0 Å². The van der Waals surface area contributed by atoms with Gasteiger partial charge in [-0.05, 0) is 30.7 Å². The molecule has 1 fully saturated rings. The van der Waals surface area contributed by atoms with Gasteiger partial charge in [-0.3, -0.25) is 14.4 Å². The third-order valence-corrected chi connectivity index (χ3v) is 5.44. The summed E-state index contributed by atoms with van der Waals surface area (Å²) in [4.78, 5) is 47.4. The number of fused-ring (bicyclic) bond motifs is 1. The minimum Gasteiger partial charge on any atom is -0.336 e. The van der Waals surface area contributed by atoms with Crippen molar-refractivity contribution >= 4 is 33.4 Å². The number of hydrogen-bond donors (Lipinski definition) is 1. The molecule has 3 heterocycles. The SMILES string of the molecule is CCC(=O)N1CCCCC1C(=O)N(C)Cc1nc2ccsc2c(=O)[nH]1. The van der Waals surface area contributed by atoms with Crippen LogP contribution in [0.4, 0.5) is 0 Å². The second kappa shape index (κ2) is 7.35. The molecule has 0 radical (unpaired) electrons. The number of hydrogen-bond acceptors (Lipinski definition) is 5. The number of carbonyl (C=O) groups excluding carboxylic acids is 2. The molecular formula is C17H22N4O3S. The Morgan fingerprint density at radius 2 is 2.24 bits per heavy atom. The second-order valence-electron chi connectivity index (χ2n) is 6.29. The maximum Gasteiger partial charge on any atom is 0.268 e. The summed E-state index contributed by atoms with van der Waals surface area (Å²) >= 11 is 1.35. The third-order valence-electron chi connectivity index (χ3n) is 4.54. The van der Waals surface area contributed by atoms with Gasteiger partial charge in [0.2, 0.25) is 11.8 Å². The topological polar surface area (TPSA) is 86.4 Å². The fourth-order valence-corrected chi connectivity index (χ4v) is 3.97. The molecule has 0 spiro atoms. The fraction of sp³-hybridized carbons (Fsp3) is 0.529. The number of H-pyrrole nitrogens is 1. The van der Waals surface area contributed by atoms with E-state index in [1.54, 1.807) is 22.9 Å². The van der Waals surface area contributed by atoms with Crippen LogP contribution in [-0.4, -0.2) is 51.2 Å². The van der Waals surface area contributed by atoms with Crippen LogP contribution in [0.15, 0.2) is 16.2 Å². The van der Waals surface area contributed by atoms with Gasteiger partial charge in [-0.1, -0.05) is 6.92 Å². The largest absolute Gasteiger partial charge is 0.336 e. The van der Waals surface area contributed by atoms with E-state index in [0.717, 1.165) is 12.8 Å². The van der Waals surface area contributed by atoms with Gasteiger partial charge in [0.1, 0.15) is 16.6 Å². The van der Waals surface area contributed by atoms with Crippen LogP contribution >= 0.6 is 11.3 Å². The molecule has 1 N–H and O–H groups in total. The Morgan fingerprint density at radius 1 is 1.44 bits per heavy atom. The van der Waals surface area contributed by atoms with Crippen LogP contribution in [-0.2, 0) is 16.1 Å². The molecule has 3 rings (SSSR count). The maximum absolute atomic E-state index is 12.8. The predicted molar refractivity (Wildman–Crippen MR) is 96.4 cm³/mol. The van der Waals surface area contributed by atoms with Crippen LogP contribution in [0.3, 0.4) is 0 Å². The van der Waals surface area contributed by atoms with Crippen LogP contribution in [0.2, 0.25) is 0 Å². The number of rotatable bonds is 4. The van der Waals surface area contributed by atoms with Crippen molar-refractivity contribution in [1.29, 1.82) is 0 Å². The van der Waals surface area contributed by atoms with E-state index in [2.05, 4.69) is 9.97 Å². The van der Waals surface area contributed by atoms with E-state index in [1.807, 2.05) is 12.3 Å². The summed E-state index contributed by atoms with van der Waals surface area (Å²) in [5.41, 5.74) is 0.460. The van der Waals surface area contributed by atoms with Crippen molar-refractivity contribution in [3.05, 3.63) is 27.6 Å². The molecule has 1 aliphatic heterocycles. The van der Waals surface area contributed by atoms with E-state index >= 15 is 0 Å². The molecule has 2 aromatic rings. The maximum atomic E-state index is 12.8. The highest BCUT2D eigenvalue weighted by molar-refractivity contribution is 7.17. The Hall–Kier alpha value is -2.22. The normalized spacial score (nSPS) is 17.7. The zero-order chi connectivity index (χ0) is 18.0. The molecule has 0 bridgehead atoms. The zero-order valence-electron chi connectivity index (χ0n) is 14.4. The van der Waals surface area contributed by atoms with Gasteiger partial charge >= 0.3 is 0 Å². The molecule has 8 heteroatoms. The van der Waals surface area contributed by atoms with E-state index in [1.165, 1.54) is 11.3 Å². The van der Waals surface area contributed by atoms with E-state index in [4.69, 9.17) is 0 Å². The van der Waals surface area contributed by atoms with Crippen molar-refractivity contribution in [2.24, 2.45) is 0 Å². The van der Waals surface area contributed by atoms with Crippen molar-refractivity contribution in [2.45, 2.75) is 45.2 Å². The average Bonchev–Trinajstić information content (AvgIpc) is 3.09. The summed E-state index contributed by atoms with van der Waals surface area (Å²) in [7, 11) is 1.68. The van der Waals surface area contributed by atoms with Gasteiger partial charge in [0.15, 0.2) is 0 Å². The first-order chi connectivity index (χ1) is 12.0. The molecule has 25 heavy (non-hydrogen) atoms. The molecule has 7 nitrogen and oxygen atoms in total. The highest BCUT2D eigenvalue weighted by Gasteiger charge is 2.33. The fourth-order valence-electron chi connectivity index (χ4n) is 3.24. The van der Waals surface area contributed by atoms with Crippen LogP contribution in [0.5, 0.6) is 0 Å². The Bertz CT molecular complexity index is 844. The predicted octanol–water partition coefficient (Wildman–Crippen LogP) is 1.73. The van der Waals surface area contributed by atoms with E-state index in [-0.39, 0.29) is 23.9 Å². The molecule has 2 amide bonds. The van der Waals surface area contributed by atoms with Gasteiger partial charge < -0.3 is 14.8 Å². The summed E-state index contributed by atoms with van der Waals surface area (Å²) in [6.45, 7) is 2.66. The smallest absolute Gasteiger partial charge is 0.268 e. The summed E-state index contributed by atoms with van der Waals surface area (Å²) in [5.74, 6) is 0.364. The number of nitrogens with one attached hydrogen (secondary N) is 1. The molecule has 0 saturated carbocycles. The summed E-state index contributed by atoms with van der Waals surface area (Å²) in [6, 6.07) is 1.38. The molecule has 1 unspecified atom stereocenters. The van der Waals surface area contributed by atoms with Crippen molar-refractivity contribution in [1.82, 2.24) is 19.8 Å². The number of thiophene rings is 1. The number of likely N-dealkylation sites (N-methyl/N-ethyl adjacent to an activating group) is 1. The Balaban J connectivity index is 1.76. The van der Waals surface area contributed by atoms with Gasteiger partial charge in [-0.15, -0.1) is 11.3 Å². The molecule has 2 aromatic heterocycles. The Labute approximate surface area is 149 Å². The van der Waals surface area contributed by atoms with Gasteiger partial charge in [0.25, 0.3) is 5.56 Å². The lowest BCUT2D eigenvalue weighted by Gasteiger charge is -2.36. The minimum atomic E-state index is -0.414. The van der Waals surface area contributed by atoms with Crippen molar-refractivity contribution in [3.8, 4) is 0 Å². The first kappa shape index (κ1) is 17.6. The lowest BCUT2D eigenvalue weighted by Crippen LogP contribution is -2.52. The first-order valence-corrected chi connectivity index (χ1v) is 9.40. The zero-order valence-corrected chi connectivity index (χ0v) is 15.3. The molecular weight excluding hydrogens is 340 g/mol. The standard InChI is InChI=1S/C17H22N4O3S/c1-3-14(22)21-8-5-4-6-12(21)17(24)20(2)10-13-18-11-7-9-25-15(11)16(23)19-13/h7,9,12H,3-6,8,10H2,1-2H3,(H,18,19,23). The lowest BCUT2D eigenvalue weighted by molar-refractivity contribution is -0.147. The number of aromatic nitrogens is 2. The number of carbonyl (C=O) groups is 2. The van der Waals surface area contributed by atoms with E-state index in [0.29, 0.717) is 35.4 Å². The first-order valence-electron chi connectivity index (χ1n) is 8.52. The quantitative estimate of drug-likeness (QED) is 0.897. The van der Waals surface area contributed by atoms with Crippen LogP contribution in [0.25, 0.3) is 10.2 Å². The molecule has 1 aliphatic rings. The highest BCUT2D eigenvalue weighted by atomic mass is 32.1. The number of nitrogens with zero attached hydrogens (tertiary/aromatic N) is 3. The number of piperidine rings is 1. The van der Waals surface area contributed by atoms with Gasteiger partial charge in [0.05, 0.1) is 12.1 Å². The second-order valence-corrected chi connectivity index (χ2v) is 7.21.